The number of aryl methyl sites for hydroxylation is 1. The highest BCUT2D eigenvalue weighted by Crippen LogP contribution is 2.26. The van der Waals surface area contributed by atoms with Crippen molar-refractivity contribution in [1.82, 2.24) is 9.78 Å². The van der Waals surface area contributed by atoms with Gasteiger partial charge in [0, 0.05) is 24.8 Å². The second kappa shape index (κ2) is 7.11. The van der Waals surface area contributed by atoms with Crippen LogP contribution in [0.4, 0.5) is 0 Å². The van der Waals surface area contributed by atoms with Gasteiger partial charge in [-0.2, -0.15) is 5.10 Å². The van der Waals surface area contributed by atoms with Crippen LogP contribution in [0.3, 0.4) is 0 Å². The van der Waals surface area contributed by atoms with Crippen LogP contribution in [0.25, 0.3) is 11.1 Å². The summed E-state index contributed by atoms with van der Waals surface area (Å²) in [6.07, 6.45) is 3.91. The molecule has 0 radical (unpaired) electrons. The molecule has 0 atom stereocenters. The predicted octanol–water partition coefficient (Wildman–Crippen LogP) is 3.61. The van der Waals surface area contributed by atoms with Crippen LogP contribution in [0.2, 0.25) is 0 Å². The lowest BCUT2D eigenvalue weighted by molar-refractivity contribution is 0.306. The molecule has 4 heteroatoms. The molecule has 2 aromatic carbocycles. The first-order chi connectivity index (χ1) is 11.3. The third kappa shape index (κ3) is 3.79. The molecule has 0 aliphatic heterocycles. The Labute approximate surface area is 136 Å². The predicted molar refractivity (Wildman–Crippen MR) is 92.0 cm³/mol. The van der Waals surface area contributed by atoms with Crippen molar-refractivity contribution < 1.29 is 4.74 Å². The minimum atomic E-state index is 0.484. The van der Waals surface area contributed by atoms with Crippen molar-refractivity contribution >= 4 is 0 Å². The van der Waals surface area contributed by atoms with Crippen molar-refractivity contribution in [1.29, 1.82) is 0 Å². The molecule has 0 saturated heterocycles. The Bertz CT molecular complexity index is 765. The van der Waals surface area contributed by atoms with Crippen molar-refractivity contribution in [3.05, 3.63) is 72.1 Å². The molecule has 3 aromatic rings. The topological polar surface area (TPSA) is 53.1 Å². The average Bonchev–Trinajstić information content (AvgIpc) is 3.10. The van der Waals surface area contributed by atoms with Crippen molar-refractivity contribution in [2.24, 2.45) is 5.73 Å². The van der Waals surface area contributed by atoms with E-state index in [1.54, 1.807) is 0 Å². The van der Waals surface area contributed by atoms with Crippen molar-refractivity contribution in [2.45, 2.75) is 26.6 Å². The van der Waals surface area contributed by atoms with Gasteiger partial charge in [-0.25, -0.2) is 0 Å². The van der Waals surface area contributed by atoms with E-state index in [9.17, 15) is 0 Å². The molecule has 0 amide bonds. The van der Waals surface area contributed by atoms with Gasteiger partial charge in [0.15, 0.2) is 0 Å². The highest BCUT2D eigenvalue weighted by atomic mass is 16.5. The molecule has 118 valence electrons. The number of nitrogens with two attached hydrogens (primary N) is 1. The van der Waals surface area contributed by atoms with Gasteiger partial charge in [-0.05, 0) is 41.8 Å². The third-order valence-corrected chi connectivity index (χ3v) is 3.74. The molecule has 0 saturated carbocycles. The zero-order valence-electron chi connectivity index (χ0n) is 13.3. The van der Waals surface area contributed by atoms with E-state index >= 15 is 0 Å². The van der Waals surface area contributed by atoms with E-state index in [0.29, 0.717) is 13.2 Å². The lowest BCUT2D eigenvalue weighted by atomic mass is 10.1. The van der Waals surface area contributed by atoms with E-state index in [-0.39, 0.29) is 0 Å². The molecule has 0 fully saturated rings. The number of hydrogen-bond acceptors (Lipinski definition) is 3. The highest BCUT2D eigenvalue weighted by molar-refractivity contribution is 5.64. The number of aromatic nitrogens is 2. The molecule has 3 rings (SSSR count). The van der Waals surface area contributed by atoms with E-state index in [1.165, 1.54) is 0 Å². The zero-order chi connectivity index (χ0) is 16.1. The van der Waals surface area contributed by atoms with Gasteiger partial charge in [0.2, 0.25) is 0 Å². The van der Waals surface area contributed by atoms with Gasteiger partial charge in [-0.1, -0.05) is 30.3 Å². The first-order valence-electron chi connectivity index (χ1n) is 7.82. The van der Waals surface area contributed by atoms with Crippen LogP contribution in [-0.2, 0) is 19.7 Å². The summed E-state index contributed by atoms with van der Waals surface area (Å²) in [7, 11) is 0. The number of hydrogen-bond donors (Lipinski definition) is 1. The Hall–Kier alpha value is -2.59. The molecular formula is C19H21N3O. The Morgan fingerprint density at radius 2 is 1.87 bits per heavy atom. The summed E-state index contributed by atoms with van der Waals surface area (Å²) in [6, 6.07) is 16.3. The molecule has 1 heterocycles. The largest absolute Gasteiger partial charge is 0.489 e. The Morgan fingerprint density at radius 1 is 1.04 bits per heavy atom. The highest BCUT2D eigenvalue weighted by Gasteiger charge is 2.06. The number of ether oxygens (including phenoxy) is 1. The smallest absolute Gasteiger partial charge is 0.120 e. The number of benzene rings is 2. The molecule has 0 aliphatic rings. The maximum Gasteiger partial charge on any atom is 0.120 e. The molecule has 0 aliphatic carbocycles. The van der Waals surface area contributed by atoms with Gasteiger partial charge in [0.05, 0.1) is 6.20 Å². The molecule has 23 heavy (non-hydrogen) atoms. The summed E-state index contributed by atoms with van der Waals surface area (Å²) in [4.78, 5) is 0. The second-order valence-corrected chi connectivity index (χ2v) is 5.43. The first kappa shape index (κ1) is 15.3. The lowest BCUT2D eigenvalue weighted by Crippen LogP contribution is -2.00. The standard InChI is InChI=1S/C19H21N3O/c1-2-22-13-18(12-21-22)17-8-16(11-20)9-19(10-17)23-14-15-6-4-3-5-7-15/h3-10,12-13H,2,11,14,20H2,1H3. The molecule has 4 nitrogen and oxygen atoms in total. The van der Waals surface area contributed by atoms with Crippen LogP contribution >= 0.6 is 0 Å². The Balaban J connectivity index is 1.84. The maximum absolute atomic E-state index is 5.95. The summed E-state index contributed by atoms with van der Waals surface area (Å²) in [6.45, 7) is 3.95. The summed E-state index contributed by atoms with van der Waals surface area (Å²) in [5, 5.41) is 4.33. The molecule has 0 bridgehead atoms. The average molecular weight is 307 g/mol. The van der Waals surface area contributed by atoms with Gasteiger partial charge >= 0.3 is 0 Å². The van der Waals surface area contributed by atoms with E-state index in [2.05, 4.69) is 30.2 Å². The fourth-order valence-electron chi connectivity index (χ4n) is 2.46. The SMILES string of the molecule is CCn1cc(-c2cc(CN)cc(OCc3ccccc3)c2)cn1. The van der Waals surface area contributed by atoms with Gasteiger partial charge in [0.25, 0.3) is 0 Å². The minimum absolute atomic E-state index is 0.484. The third-order valence-electron chi connectivity index (χ3n) is 3.74. The van der Waals surface area contributed by atoms with Crippen LogP contribution in [-0.4, -0.2) is 9.78 Å². The molecule has 2 N–H and O–H groups in total. The minimum Gasteiger partial charge on any atom is -0.489 e. The second-order valence-electron chi connectivity index (χ2n) is 5.43. The van der Waals surface area contributed by atoms with Crippen molar-refractivity contribution in [3.8, 4) is 16.9 Å². The van der Waals surface area contributed by atoms with Crippen LogP contribution in [0.15, 0.2) is 60.9 Å². The Morgan fingerprint density at radius 3 is 2.57 bits per heavy atom. The van der Waals surface area contributed by atoms with E-state index in [4.69, 9.17) is 10.5 Å². The van der Waals surface area contributed by atoms with Crippen molar-refractivity contribution in [2.75, 3.05) is 0 Å². The maximum atomic E-state index is 5.95. The molecule has 0 spiro atoms. The van der Waals surface area contributed by atoms with Crippen LogP contribution in [0, 0.1) is 0 Å². The summed E-state index contributed by atoms with van der Waals surface area (Å²) in [5.74, 6) is 0.830. The Kier molecular flexibility index (Phi) is 4.74. The monoisotopic (exact) mass is 307 g/mol. The van der Waals surface area contributed by atoms with Gasteiger partial charge < -0.3 is 10.5 Å². The fraction of sp³-hybridized carbons (Fsp3) is 0.211. The zero-order valence-corrected chi connectivity index (χ0v) is 13.3. The summed E-state index contributed by atoms with van der Waals surface area (Å²) in [5.41, 5.74) is 10.2. The van der Waals surface area contributed by atoms with Crippen molar-refractivity contribution in [3.63, 3.8) is 0 Å². The van der Waals surface area contributed by atoms with E-state index in [1.807, 2.05) is 47.4 Å². The van der Waals surface area contributed by atoms with Gasteiger partial charge in [0.1, 0.15) is 12.4 Å². The number of rotatable bonds is 6. The van der Waals surface area contributed by atoms with Crippen LogP contribution < -0.4 is 10.5 Å². The van der Waals surface area contributed by atoms with Crippen LogP contribution in [0.1, 0.15) is 18.1 Å². The van der Waals surface area contributed by atoms with Gasteiger partial charge in [-0.3, -0.25) is 4.68 Å². The van der Waals surface area contributed by atoms with Crippen LogP contribution in [0.5, 0.6) is 5.75 Å². The first-order valence-corrected chi connectivity index (χ1v) is 7.82. The summed E-state index contributed by atoms with van der Waals surface area (Å²) < 4.78 is 7.86. The van der Waals surface area contributed by atoms with Gasteiger partial charge in [-0.15, -0.1) is 0 Å². The summed E-state index contributed by atoms with van der Waals surface area (Å²) >= 11 is 0. The van der Waals surface area contributed by atoms with E-state index in [0.717, 1.165) is 34.5 Å². The quantitative estimate of drug-likeness (QED) is 0.757. The molecule has 1 aromatic heterocycles. The molecular weight excluding hydrogens is 286 g/mol. The lowest BCUT2D eigenvalue weighted by Gasteiger charge is -2.10. The normalized spacial score (nSPS) is 10.7. The van der Waals surface area contributed by atoms with E-state index < -0.39 is 0 Å². The molecule has 0 unspecified atom stereocenters. The fourth-order valence-corrected chi connectivity index (χ4v) is 2.46. The number of nitrogens with zero attached hydrogens (tertiary/aromatic N) is 2.